The first-order chi connectivity index (χ1) is 6.81. The van der Waals surface area contributed by atoms with Gasteiger partial charge in [-0.05, 0) is 19.4 Å². The van der Waals surface area contributed by atoms with Crippen molar-refractivity contribution in [3.63, 3.8) is 0 Å². The molecule has 1 saturated carbocycles. The molecule has 2 N–H and O–H groups in total. The highest BCUT2D eigenvalue weighted by Gasteiger charge is 2.21. The molecule has 78 valence electrons. The highest BCUT2D eigenvalue weighted by molar-refractivity contribution is 5.01. The molecule has 0 radical (unpaired) electrons. The highest BCUT2D eigenvalue weighted by atomic mass is 15.3. The van der Waals surface area contributed by atoms with Crippen LogP contribution in [0.2, 0.25) is 0 Å². The van der Waals surface area contributed by atoms with Crippen LogP contribution in [-0.2, 0) is 13.5 Å². The van der Waals surface area contributed by atoms with Crippen molar-refractivity contribution in [2.75, 3.05) is 6.54 Å². The van der Waals surface area contributed by atoms with E-state index in [-0.39, 0.29) is 0 Å². The van der Waals surface area contributed by atoms with Crippen LogP contribution in [0.4, 0.5) is 0 Å². The van der Waals surface area contributed by atoms with Gasteiger partial charge in [0.2, 0.25) is 0 Å². The van der Waals surface area contributed by atoms with E-state index in [9.17, 15) is 0 Å². The number of hydrogen-bond acceptors (Lipinski definition) is 3. The van der Waals surface area contributed by atoms with Crippen LogP contribution in [0.5, 0.6) is 0 Å². The van der Waals surface area contributed by atoms with Gasteiger partial charge in [0.1, 0.15) is 5.82 Å². The van der Waals surface area contributed by atoms with E-state index in [2.05, 4.69) is 10.1 Å². The SMILES string of the molecule is Cn1nc(C2CCCC2)nc1CCN. The molecular weight excluding hydrogens is 176 g/mol. The quantitative estimate of drug-likeness (QED) is 0.780. The van der Waals surface area contributed by atoms with Crippen molar-refractivity contribution in [1.82, 2.24) is 14.8 Å². The number of nitrogens with zero attached hydrogens (tertiary/aromatic N) is 3. The van der Waals surface area contributed by atoms with Gasteiger partial charge in [-0.15, -0.1) is 0 Å². The maximum absolute atomic E-state index is 5.51. The maximum atomic E-state index is 5.51. The zero-order valence-electron chi connectivity index (χ0n) is 8.74. The standard InChI is InChI=1S/C10H18N4/c1-14-9(6-7-11)12-10(13-14)8-4-2-3-5-8/h8H,2-7,11H2,1H3. The summed E-state index contributed by atoms with van der Waals surface area (Å²) in [5, 5.41) is 4.46. The minimum atomic E-state index is 0.604. The second-order valence-corrected chi connectivity index (χ2v) is 4.03. The van der Waals surface area contributed by atoms with Crippen LogP contribution in [0, 0.1) is 0 Å². The summed E-state index contributed by atoms with van der Waals surface area (Å²) in [7, 11) is 1.95. The van der Waals surface area contributed by atoms with Gasteiger partial charge in [-0.3, -0.25) is 4.68 Å². The normalized spacial score (nSPS) is 17.9. The van der Waals surface area contributed by atoms with Crippen LogP contribution >= 0.6 is 0 Å². The molecule has 0 bridgehead atoms. The monoisotopic (exact) mass is 194 g/mol. The summed E-state index contributed by atoms with van der Waals surface area (Å²) in [5.41, 5.74) is 5.51. The third-order valence-electron chi connectivity index (χ3n) is 2.96. The van der Waals surface area contributed by atoms with Crippen molar-refractivity contribution in [1.29, 1.82) is 0 Å². The summed E-state index contributed by atoms with van der Waals surface area (Å²) in [6, 6.07) is 0. The molecule has 1 aliphatic rings. The van der Waals surface area contributed by atoms with E-state index in [1.54, 1.807) is 0 Å². The minimum absolute atomic E-state index is 0.604. The number of nitrogens with two attached hydrogens (primary N) is 1. The third-order valence-corrected chi connectivity index (χ3v) is 2.96. The highest BCUT2D eigenvalue weighted by Crippen LogP contribution is 2.32. The van der Waals surface area contributed by atoms with Crippen LogP contribution in [0.1, 0.15) is 43.3 Å². The summed E-state index contributed by atoms with van der Waals surface area (Å²) in [6.45, 7) is 0.649. The molecular formula is C10H18N4. The Bertz CT molecular complexity index is 299. The number of aromatic nitrogens is 3. The third kappa shape index (κ3) is 1.80. The first kappa shape index (κ1) is 9.65. The molecule has 4 nitrogen and oxygen atoms in total. The molecule has 1 aromatic heterocycles. The molecule has 0 amide bonds. The molecule has 1 aliphatic carbocycles. The van der Waals surface area contributed by atoms with Crippen molar-refractivity contribution >= 4 is 0 Å². The van der Waals surface area contributed by atoms with E-state index in [0.717, 1.165) is 18.1 Å². The topological polar surface area (TPSA) is 56.7 Å². The Labute approximate surface area is 84.5 Å². The maximum Gasteiger partial charge on any atom is 0.154 e. The Kier molecular flexibility index (Phi) is 2.82. The molecule has 1 heterocycles. The van der Waals surface area contributed by atoms with Gasteiger partial charge in [0, 0.05) is 19.4 Å². The summed E-state index contributed by atoms with van der Waals surface area (Å²) >= 11 is 0. The zero-order chi connectivity index (χ0) is 9.97. The van der Waals surface area contributed by atoms with Crippen LogP contribution < -0.4 is 5.73 Å². The van der Waals surface area contributed by atoms with Gasteiger partial charge < -0.3 is 5.73 Å². The number of aryl methyl sites for hydroxylation is 1. The summed E-state index contributed by atoms with van der Waals surface area (Å²) in [6.07, 6.45) is 6.00. The Hall–Kier alpha value is -0.900. The minimum Gasteiger partial charge on any atom is -0.330 e. The Morgan fingerprint density at radius 3 is 2.79 bits per heavy atom. The molecule has 0 aromatic carbocycles. The van der Waals surface area contributed by atoms with Crippen LogP contribution in [0.15, 0.2) is 0 Å². The summed E-state index contributed by atoms with van der Waals surface area (Å²) in [4.78, 5) is 4.55. The van der Waals surface area contributed by atoms with Gasteiger partial charge in [-0.25, -0.2) is 4.98 Å². The lowest BCUT2D eigenvalue weighted by molar-refractivity contribution is 0.642. The second kappa shape index (κ2) is 4.09. The van der Waals surface area contributed by atoms with E-state index in [1.807, 2.05) is 11.7 Å². The van der Waals surface area contributed by atoms with E-state index < -0.39 is 0 Å². The van der Waals surface area contributed by atoms with Crippen molar-refractivity contribution in [3.8, 4) is 0 Å². The molecule has 0 atom stereocenters. The summed E-state index contributed by atoms with van der Waals surface area (Å²) in [5.74, 6) is 2.66. The van der Waals surface area contributed by atoms with Crippen molar-refractivity contribution in [3.05, 3.63) is 11.6 Å². The molecule has 0 aliphatic heterocycles. The average Bonchev–Trinajstić information content (AvgIpc) is 2.76. The smallest absolute Gasteiger partial charge is 0.154 e. The fourth-order valence-electron chi connectivity index (χ4n) is 2.14. The number of hydrogen-bond donors (Lipinski definition) is 1. The second-order valence-electron chi connectivity index (χ2n) is 4.03. The van der Waals surface area contributed by atoms with Gasteiger partial charge in [0.25, 0.3) is 0 Å². The molecule has 2 rings (SSSR count). The predicted molar refractivity (Wildman–Crippen MR) is 55.0 cm³/mol. The molecule has 1 fully saturated rings. The average molecular weight is 194 g/mol. The van der Waals surface area contributed by atoms with Crippen LogP contribution in [0.3, 0.4) is 0 Å². The van der Waals surface area contributed by atoms with Crippen molar-refractivity contribution in [2.45, 2.75) is 38.0 Å². The number of rotatable bonds is 3. The zero-order valence-corrected chi connectivity index (χ0v) is 8.74. The lowest BCUT2D eigenvalue weighted by Gasteiger charge is -2.00. The largest absolute Gasteiger partial charge is 0.330 e. The van der Waals surface area contributed by atoms with E-state index in [1.165, 1.54) is 25.7 Å². The molecule has 0 unspecified atom stereocenters. The summed E-state index contributed by atoms with van der Waals surface area (Å²) < 4.78 is 1.88. The van der Waals surface area contributed by atoms with Gasteiger partial charge in [-0.2, -0.15) is 5.10 Å². The first-order valence-electron chi connectivity index (χ1n) is 5.41. The predicted octanol–water partition coefficient (Wildman–Crippen LogP) is 0.974. The molecule has 0 saturated heterocycles. The molecule has 4 heteroatoms. The Morgan fingerprint density at radius 1 is 1.43 bits per heavy atom. The Balaban J connectivity index is 2.14. The molecule has 0 spiro atoms. The van der Waals surface area contributed by atoms with Gasteiger partial charge in [0.15, 0.2) is 5.82 Å². The molecule has 14 heavy (non-hydrogen) atoms. The van der Waals surface area contributed by atoms with E-state index in [4.69, 9.17) is 5.73 Å². The van der Waals surface area contributed by atoms with E-state index in [0.29, 0.717) is 12.5 Å². The van der Waals surface area contributed by atoms with E-state index >= 15 is 0 Å². The fraction of sp³-hybridized carbons (Fsp3) is 0.800. The molecule has 1 aromatic rings. The van der Waals surface area contributed by atoms with Gasteiger partial charge in [0.05, 0.1) is 0 Å². The van der Waals surface area contributed by atoms with Gasteiger partial charge in [-0.1, -0.05) is 12.8 Å². The fourth-order valence-corrected chi connectivity index (χ4v) is 2.14. The van der Waals surface area contributed by atoms with Crippen LogP contribution in [-0.4, -0.2) is 21.3 Å². The lowest BCUT2D eigenvalue weighted by Crippen LogP contribution is -2.08. The lowest BCUT2D eigenvalue weighted by atomic mass is 10.1. The van der Waals surface area contributed by atoms with Crippen molar-refractivity contribution in [2.24, 2.45) is 12.8 Å². The van der Waals surface area contributed by atoms with Crippen LogP contribution in [0.25, 0.3) is 0 Å². The Morgan fingerprint density at radius 2 is 2.14 bits per heavy atom. The van der Waals surface area contributed by atoms with Gasteiger partial charge >= 0.3 is 0 Å². The first-order valence-corrected chi connectivity index (χ1v) is 5.41. The van der Waals surface area contributed by atoms with Crippen molar-refractivity contribution < 1.29 is 0 Å².